The van der Waals surface area contributed by atoms with Crippen LogP contribution in [0.3, 0.4) is 0 Å². The van der Waals surface area contributed by atoms with Gasteiger partial charge in [-0.2, -0.15) is 0 Å². The SMILES string of the molecule is [NaH].[NaH].[NaH].[NaH].[NaH].[NaH].[NaH].[NaH].[NaH]. The first-order chi connectivity index (χ1) is 0. The molecule has 0 atom stereocenters. The van der Waals surface area contributed by atoms with E-state index in [0.29, 0.717) is 0 Å². The van der Waals surface area contributed by atoms with Crippen molar-refractivity contribution in [3.05, 3.63) is 0 Å². The van der Waals surface area contributed by atoms with Crippen LogP contribution in [0.25, 0.3) is 0 Å². The first-order valence-electron chi connectivity index (χ1n) is 0. The van der Waals surface area contributed by atoms with Crippen molar-refractivity contribution in [1.82, 2.24) is 0 Å². The molecule has 0 aliphatic carbocycles. The summed E-state index contributed by atoms with van der Waals surface area (Å²) in [6.07, 6.45) is 0. The van der Waals surface area contributed by atoms with Gasteiger partial charge in [0.15, 0.2) is 0 Å². The van der Waals surface area contributed by atoms with Crippen molar-refractivity contribution in [3.63, 3.8) is 0 Å². The van der Waals surface area contributed by atoms with Gasteiger partial charge in [-0.15, -0.1) is 0 Å². The molecule has 0 aromatic heterocycles. The van der Waals surface area contributed by atoms with Gasteiger partial charge in [0.05, 0.1) is 0 Å². The van der Waals surface area contributed by atoms with E-state index in [4.69, 9.17) is 0 Å². The van der Waals surface area contributed by atoms with Crippen molar-refractivity contribution in [2.45, 2.75) is 0 Å². The van der Waals surface area contributed by atoms with Gasteiger partial charge < -0.3 is 0 Å². The van der Waals surface area contributed by atoms with Crippen LogP contribution in [0.2, 0.25) is 0 Å². The topological polar surface area (TPSA) is 0 Å². The van der Waals surface area contributed by atoms with Crippen LogP contribution in [-0.4, -0.2) is 266 Å². The standard InChI is InChI=1S/9Na.9H. The van der Waals surface area contributed by atoms with E-state index >= 15 is 0 Å². The molecule has 0 spiro atoms. The molecule has 0 radical (unpaired) electrons. The van der Waals surface area contributed by atoms with Crippen molar-refractivity contribution in [3.8, 4) is 0 Å². The van der Waals surface area contributed by atoms with E-state index in [1.807, 2.05) is 0 Å². The van der Waals surface area contributed by atoms with Crippen LogP contribution in [-0.2, 0) is 0 Å². The maximum absolute atomic E-state index is 0. The molecule has 0 amide bonds. The normalized spacial score (nSPS) is 0. The van der Waals surface area contributed by atoms with Gasteiger partial charge in [0.2, 0.25) is 0 Å². The summed E-state index contributed by atoms with van der Waals surface area (Å²) in [6, 6.07) is 0. The summed E-state index contributed by atoms with van der Waals surface area (Å²) in [5.41, 5.74) is 0. The molecule has 0 heterocycles. The van der Waals surface area contributed by atoms with Gasteiger partial charge in [0.25, 0.3) is 0 Å². The minimum atomic E-state index is 0. The molecule has 0 aliphatic heterocycles. The summed E-state index contributed by atoms with van der Waals surface area (Å²) in [5, 5.41) is 0. The monoisotopic (exact) mass is 216 g/mol. The van der Waals surface area contributed by atoms with Gasteiger partial charge in [0, 0.05) is 0 Å². The second-order valence-electron chi connectivity index (χ2n) is 0. The molecule has 0 nitrogen and oxygen atoms in total. The van der Waals surface area contributed by atoms with Gasteiger partial charge in [-0.25, -0.2) is 0 Å². The Kier molecular flexibility index (Phi) is 383. The third-order valence-electron chi connectivity index (χ3n) is 0. The van der Waals surface area contributed by atoms with Crippen LogP contribution < -0.4 is 0 Å². The quantitative estimate of drug-likeness (QED) is 0.354. The van der Waals surface area contributed by atoms with Crippen LogP contribution in [0.1, 0.15) is 0 Å². The Balaban J connectivity index is 0. The first-order valence-corrected chi connectivity index (χ1v) is 0. The van der Waals surface area contributed by atoms with Gasteiger partial charge in [-0.05, 0) is 0 Å². The van der Waals surface area contributed by atoms with Crippen LogP contribution >= 0.6 is 0 Å². The molecular weight excluding hydrogens is 207 g/mol. The number of hydrogen-bond acceptors (Lipinski definition) is 0. The molecule has 0 aromatic carbocycles. The van der Waals surface area contributed by atoms with E-state index in [0.717, 1.165) is 0 Å². The number of hydrogen-bond donors (Lipinski definition) is 0. The van der Waals surface area contributed by atoms with E-state index < -0.39 is 0 Å². The summed E-state index contributed by atoms with van der Waals surface area (Å²) < 4.78 is 0. The number of rotatable bonds is 0. The third-order valence-corrected chi connectivity index (χ3v) is 0. The summed E-state index contributed by atoms with van der Waals surface area (Å²) in [4.78, 5) is 0. The fraction of sp³-hybridized carbons (Fsp3) is 0. The fourth-order valence-electron chi connectivity index (χ4n) is 0. The van der Waals surface area contributed by atoms with Gasteiger partial charge in [-0.3, -0.25) is 0 Å². The van der Waals surface area contributed by atoms with E-state index in [2.05, 4.69) is 0 Å². The molecule has 0 aromatic rings. The van der Waals surface area contributed by atoms with Crippen LogP contribution in [0, 0.1) is 0 Å². The Morgan fingerprint density at radius 2 is 0.111 bits per heavy atom. The molecule has 9 heavy (non-hydrogen) atoms. The Morgan fingerprint density at radius 3 is 0.111 bits per heavy atom. The summed E-state index contributed by atoms with van der Waals surface area (Å²) in [7, 11) is 0. The molecule has 0 saturated heterocycles. The van der Waals surface area contributed by atoms with Crippen LogP contribution in [0.5, 0.6) is 0 Å². The van der Waals surface area contributed by atoms with Crippen molar-refractivity contribution < 1.29 is 0 Å². The predicted octanol–water partition coefficient (Wildman–Crippen LogP) is -5.84. The van der Waals surface area contributed by atoms with Gasteiger partial charge in [0.1, 0.15) is 0 Å². The van der Waals surface area contributed by atoms with Crippen molar-refractivity contribution in [2.75, 3.05) is 0 Å². The predicted molar refractivity (Wildman–Crippen MR) is 64.3 cm³/mol. The molecular formula is H9Na9. The van der Waals surface area contributed by atoms with Crippen molar-refractivity contribution >= 4 is 266 Å². The zero-order chi connectivity index (χ0) is 0. The Hall–Kier alpha value is 9.00. The van der Waals surface area contributed by atoms with E-state index in [-0.39, 0.29) is 266 Å². The fourth-order valence-corrected chi connectivity index (χ4v) is 0. The summed E-state index contributed by atoms with van der Waals surface area (Å²) >= 11 is 0. The average molecular weight is 216 g/mol. The van der Waals surface area contributed by atoms with Gasteiger partial charge >= 0.3 is 266 Å². The molecule has 18 valence electrons. The van der Waals surface area contributed by atoms with Crippen LogP contribution in [0.4, 0.5) is 0 Å². The van der Waals surface area contributed by atoms with E-state index in [1.54, 1.807) is 0 Å². The molecule has 0 bridgehead atoms. The zero-order valence-corrected chi connectivity index (χ0v) is 0. The average Bonchev–Trinajstić information content (AvgIpc) is 0. The molecule has 0 unspecified atom stereocenters. The second-order valence-corrected chi connectivity index (χ2v) is 0. The molecule has 0 fully saturated rings. The van der Waals surface area contributed by atoms with Crippen molar-refractivity contribution in [1.29, 1.82) is 0 Å². The third kappa shape index (κ3) is 47.2. The molecule has 0 N–H and O–H groups in total. The Morgan fingerprint density at radius 1 is 0.111 bits per heavy atom. The first kappa shape index (κ1) is 64.2. The van der Waals surface area contributed by atoms with Crippen LogP contribution in [0.15, 0.2) is 0 Å². The zero-order valence-electron chi connectivity index (χ0n) is 0. The molecule has 0 saturated carbocycles. The Labute approximate surface area is 257 Å². The van der Waals surface area contributed by atoms with E-state index in [9.17, 15) is 0 Å². The molecule has 9 heteroatoms. The van der Waals surface area contributed by atoms with E-state index in [1.165, 1.54) is 0 Å². The van der Waals surface area contributed by atoms with Gasteiger partial charge in [-0.1, -0.05) is 0 Å². The summed E-state index contributed by atoms with van der Waals surface area (Å²) in [5.74, 6) is 0. The van der Waals surface area contributed by atoms with Crippen molar-refractivity contribution in [2.24, 2.45) is 0 Å². The molecule has 0 rings (SSSR count). The summed E-state index contributed by atoms with van der Waals surface area (Å²) in [6.45, 7) is 0. The Bertz CT molecular complexity index is 0. The minimum absolute atomic E-state index is 0. The maximum atomic E-state index is 0. The second kappa shape index (κ2) is 53.7. The molecule has 0 aliphatic rings.